The average molecular weight is 781 g/mol. The van der Waals surface area contributed by atoms with Gasteiger partial charge in [-0.3, -0.25) is 0 Å². The zero-order chi connectivity index (χ0) is 39.1. The Bertz CT molecular complexity index is 2860. The molecule has 0 fully saturated rings. The van der Waals surface area contributed by atoms with Crippen molar-refractivity contribution in [3.05, 3.63) is 231 Å². The molecular weight excluding hydrogens is 743 g/mol. The molecule has 4 heteroatoms. The van der Waals surface area contributed by atoms with Crippen LogP contribution in [0.4, 0.5) is 0 Å². The summed E-state index contributed by atoms with van der Waals surface area (Å²) in [6.45, 7) is 0. The number of fused-ring (bicyclic) bond motifs is 6. The summed E-state index contributed by atoms with van der Waals surface area (Å²) in [6.07, 6.45) is 0. The first kappa shape index (κ1) is 35.8. The maximum atomic E-state index is 15.0. The zero-order valence-electron chi connectivity index (χ0n) is 31.7. The molecule has 276 valence electrons. The van der Waals surface area contributed by atoms with Gasteiger partial charge in [0.1, 0.15) is 0 Å². The molecule has 0 aromatic heterocycles. The smallest absolute Gasteiger partial charge is 0.171 e. The van der Waals surface area contributed by atoms with Crippen molar-refractivity contribution in [2.75, 3.05) is 0 Å². The van der Waals surface area contributed by atoms with E-state index in [2.05, 4.69) is 84.9 Å². The number of hydrogen-bond donors (Lipinski definition) is 0. The van der Waals surface area contributed by atoms with Crippen molar-refractivity contribution in [1.29, 1.82) is 0 Å². The largest absolute Gasteiger partial charge is 0.309 e. The first-order valence-corrected chi connectivity index (χ1v) is 23.0. The molecule has 0 saturated carbocycles. The van der Waals surface area contributed by atoms with Crippen LogP contribution in [0.2, 0.25) is 0 Å². The fourth-order valence-electron chi connectivity index (χ4n) is 8.49. The molecule has 0 aliphatic heterocycles. The van der Waals surface area contributed by atoms with Gasteiger partial charge in [0.25, 0.3) is 0 Å². The third kappa shape index (κ3) is 6.05. The van der Waals surface area contributed by atoms with Crippen LogP contribution in [0.5, 0.6) is 0 Å². The molecule has 0 atom stereocenters. The van der Waals surface area contributed by atoms with Crippen LogP contribution in [-0.2, 0) is 9.13 Å². The van der Waals surface area contributed by atoms with E-state index in [1.54, 1.807) is 0 Å². The first-order chi connectivity index (χ1) is 28.5. The quantitative estimate of drug-likeness (QED) is 0.114. The van der Waals surface area contributed by atoms with Crippen LogP contribution in [0.1, 0.15) is 0 Å². The molecule has 0 heterocycles. The Labute approximate surface area is 338 Å². The van der Waals surface area contributed by atoms with Crippen molar-refractivity contribution in [2.45, 2.75) is 0 Å². The second kappa shape index (κ2) is 14.7. The standard InChI is InChI=1S/C54H38O2P2/c55-57(43-15-5-1-6-16-43,44-17-7-2-8-18-44)47-31-25-39(26-32-47)41-29-35-51-52-36-30-42(38-54(52)50-24-14-13-23-49(50)53(51)37-41)40-27-33-48(34-28-40)58(56,45-19-9-3-10-20-45)46-21-11-4-12-22-46/h1-38H. The van der Waals surface area contributed by atoms with Gasteiger partial charge in [-0.25, -0.2) is 0 Å². The SMILES string of the molecule is O=P(c1ccccc1)(c1ccccc1)c1ccc(-c2ccc3c4ccc(-c5ccc(P(=O)(c6ccccc6)c6ccccc6)cc5)cc4c4ccccc4c3c2)cc1. The molecule has 10 aromatic rings. The van der Waals surface area contributed by atoms with Crippen molar-refractivity contribution in [1.82, 2.24) is 0 Å². The minimum absolute atomic E-state index is 0.817. The fraction of sp³-hybridized carbons (Fsp3) is 0. The Morgan fingerprint density at radius 3 is 0.759 bits per heavy atom. The number of benzene rings is 10. The van der Waals surface area contributed by atoms with Gasteiger partial charge in [-0.05, 0) is 66.7 Å². The van der Waals surface area contributed by atoms with Crippen molar-refractivity contribution in [3.8, 4) is 22.3 Å². The lowest BCUT2D eigenvalue weighted by molar-refractivity contribution is 0.591. The Morgan fingerprint density at radius 2 is 0.448 bits per heavy atom. The highest BCUT2D eigenvalue weighted by Gasteiger charge is 2.30. The second-order valence-corrected chi connectivity index (χ2v) is 20.3. The highest BCUT2D eigenvalue weighted by molar-refractivity contribution is 7.85. The molecule has 58 heavy (non-hydrogen) atoms. The van der Waals surface area contributed by atoms with Gasteiger partial charge in [-0.1, -0.05) is 218 Å². The molecule has 0 aliphatic carbocycles. The topological polar surface area (TPSA) is 34.1 Å². The predicted molar refractivity (Wildman–Crippen MR) is 249 cm³/mol. The molecule has 0 unspecified atom stereocenters. The van der Waals surface area contributed by atoms with Crippen LogP contribution >= 0.6 is 14.3 Å². The van der Waals surface area contributed by atoms with Crippen molar-refractivity contribution in [3.63, 3.8) is 0 Å². The minimum atomic E-state index is -3.06. The summed E-state index contributed by atoms with van der Waals surface area (Å²) in [6, 6.07) is 78.0. The Morgan fingerprint density at radius 1 is 0.207 bits per heavy atom. The maximum Gasteiger partial charge on any atom is 0.171 e. The summed E-state index contributed by atoms with van der Waals surface area (Å²) >= 11 is 0. The highest BCUT2D eigenvalue weighted by Crippen LogP contribution is 2.45. The molecule has 0 bridgehead atoms. The lowest BCUT2D eigenvalue weighted by atomic mass is 9.90. The van der Waals surface area contributed by atoms with Gasteiger partial charge >= 0.3 is 0 Å². The third-order valence-electron chi connectivity index (χ3n) is 11.4. The summed E-state index contributed by atoms with van der Waals surface area (Å²) in [5.41, 5.74) is 4.37. The van der Waals surface area contributed by atoms with E-state index < -0.39 is 14.3 Å². The zero-order valence-corrected chi connectivity index (χ0v) is 33.4. The highest BCUT2D eigenvalue weighted by atomic mass is 31.2. The number of rotatable bonds is 8. The molecule has 0 aliphatic rings. The molecule has 0 amide bonds. The van der Waals surface area contributed by atoms with Crippen LogP contribution in [0, 0.1) is 0 Å². The minimum Gasteiger partial charge on any atom is -0.309 e. The fourth-order valence-corrected chi connectivity index (χ4v) is 13.8. The monoisotopic (exact) mass is 780 g/mol. The van der Waals surface area contributed by atoms with E-state index in [9.17, 15) is 9.13 Å². The van der Waals surface area contributed by atoms with Gasteiger partial charge < -0.3 is 9.13 Å². The molecule has 0 spiro atoms. The lowest BCUT2D eigenvalue weighted by Gasteiger charge is -2.20. The van der Waals surface area contributed by atoms with Crippen LogP contribution in [-0.4, -0.2) is 0 Å². The van der Waals surface area contributed by atoms with Gasteiger partial charge in [0.2, 0.25) is 0 Å². The van der Waals surface area contributed by atoms with Gasteiger partial charge in [0.05, 0.1) is 0 Å². The van der Waals surface area contributed by atoms with Gasteiger partial charge in [0, 0.05) is 31.8 Å². The average Bonchev–Trinajstić information content (AvgIpc) is 3.32. The molecule has 10 aromatic carbocycles. The summed E-state index contributed by atoms with van der Waals surface area (Å²) in [4.78, 5) is 0. The molecule has 0 radical (unpaired) electrons. The van der Waals surface area contributed by atoms with Crippen molar-refractivity contribution < 1.29 is 9.13 Å². The molecular formula is C54H38O2P2. The molecule has 10 rings (SSSR count). The van der Waals surface area contributed by atoms with Gasteiger partial charge in [-0.2, -0.15) is 0 Å². The first-order valence-electron chi connectivity index (χ1n) is 19.5. The van der Waals surface area contributed by atoms with E-state index in [4.69, 9.17) is 0 Å². The van der Waals surface area contributed by atoms with Crippen molar-refractivity contribution >= 4 is 78.4 Å². The van der Waals surface area contributed by atoms with E-state index in [0.29, 0.717) is 0 Å². The predicted octanol–water partition coefficient (Wildman–Crippen LogP) is 11.8. The summed E-state index contributed by atoms with van der Waals surface area (Å²) in [5, 5.41) is 12.1. The van der Waals surface area contributed by atoms with Crippen LogP contribution in [0.3, 0.4) is 0 Å². The summed E-state index contributed by atoms with van der Waals surface area (Å²) in [7, 11) is -6.12. The Hall–Kier alpha value is -6.56. The van der Waals surface area contributed by atoms with E-state index in [1.165, 1.54) is 32.3 Å². The lowest BCUT2D eigenvalue weighted by Crippen LogP contribution is -2.24. The van der Waals surface area contributed by atoms with Crippen LogP contribution in [0.15, 0.2) is 231 Å². The van der Waals surface area contributed by atoms with E-state index in [0.717, 1.165) is 54.1 Å². The Balaban J connectivity index is 1.03. The van der Waals surface area contributed by atoms with Gasteiger partial charge in [-0.15, -0.1) is 0 Å². The summed E-state index contributed by atoms with van der Waals surface area (Å²) < 4.78 is 30.0. The van der Waals surface area contributed by atoms with Crippen LogP contribution in [0.25, 0.3) is 54.6 Å². The summed E-state index contributed by atoms with van der Waals surface area (Å²) in [5.74, 6) is 0. The van der Waals surface area contributed by atoms with E-state index in [1.807, 2.05) is 146 Å². The molecule has 0 saturated heterocycles. The molecule has 2 nitrogen and oxygen atoms in total. The number of hydrogen-bond acceptors (Lipinski definition) is 2. The van der Waals surface area contributed by atoms with Gasteiger partial charge in [0.15, 0.2) is 14.3 Å². The normalized spacial score (nSPS) is 11.9. The van der Waals surface area contributed by atoms with Crippen LogP contribution < -0.4 is 31.8 Å². The third-order valence-corrected chi connectivity index (χ3v) is 17.6. The Kier molecular flexibility index (Phi) is 9.11. The molecule has 0 N–H and O–H groups in total. The maximum absolute atomic E-state index is 15.0. The van der Waals surface area contributed by atoms with E-state index >= 15 is 0 Å². The van der Waals surface area contributed by atoms with E-state index in [-0.39, 0.29) is 0 Å². The second-order valence-electron chi connectivity index (χ2n) is 14.7. The van der Waals surface area contributed by atoms with Crippen molar-refractivity contribution in [2.24, 2.45) is 0 Å².